The molecule has 15 aromatic heterocycles. The largest absolute Gasteiger partial charge is 0.495 e. The summed E-state index contributed by atoms with van der Waals surface area (Å²) in [7, 11) is 3.29. The van der Waals surface area contributed by atoms with E-state index in [9.17, 15) is 0 Å². The minimum Gasteiger partial charge on any atom is -0.495 e. The highest BCUT2D eigenvalue weighted by Crippen LogP contribution is 2.33. The van der Waals surface area contributed by atoms with Crippen molar-refractivity contribution in [1.82, 2.24) is 123 Å². The van der Waals surface area contributed by atoms with E-state index in [0.29, 0.717) is 102 Å². The number of pyridine rings is 5. The molecule has 10 N–H and O–H groups in total. The lowest BCUT2D eigenvalue weighted by atomic mass is 10.1. The standard InChI is InChI=1S/C14H15BrN6O.C14H15BrN6S.C14H15ClN6O.C14H15ClN6S.C13H12BrIN6/c1-7-9(4-17-8(2)11(7)22-3)5-21-6-18-10-12(15)19-14(16)20-13(10)21;1-7-4-17-9(8(2)11(7)22-3)5-21-6-18-10-12(15)19-14(16)20-13(10)21;1-7-9(4-17-8(2)11(7)22-3)5-21-6-18-10-12(15)19-14(16)20-13(10)21;1-7-4-17-9(8(2)11(7)22-3)5-21-6-18-10-12(15)19-14(16)20-13(10)21;1-6-3-17-8(7(2)9(6)15)4-21-5-18-10-11(14)19-13(16)20-12(10)21/h4*4,6H,5H2,1-3H3,(H2,16,19,20);3,5H,4H2,1-2H3,(H2,16,19,20). The molecule has 40 heteroatoms. The smallest absolute Gasteiger partial charge is 0.223 e. The van der Waals surface area contributed by atoms with Crippen molar-refractivity contribution in [2.75, 3.05) is 55.4 Å². The number of methoxy groups -OCH3 is 2. The molecular formula is C69H72Br3Cl2IN30O2S2. The number of rotatable bonds is 14. The Balaban J connectivity index is 0.000000135. The van der Waals surface area contributed by atoms with Gasteiger partial charge in [-0.3, -0.25) is 24.9 Å². The molecule has 0 bridgehead atoms. The van der Waals surface area contributed by atoms with Crippen molar-refractivity contribution in [2.45, 2.75) is 112 Å². The van der Waals surface area contributed by atoms with E-state index in [1.807, 2.05) is 81.5 Å². The third-order valence-corrected chi connectivity index (χ3v) is 23.3. The number of nitrogens with zero attached hydrogens (tertiary/aromatic N) is 25. The molecule has 15 rings (SSSR count). The molecule has 15 aromatic rings. The van der Waals surface area contributed by atoms with Crippen LogP contribution in [-0.4, -0.2) is 149 Å². The number of hydrogen-bond acceptors (Lipinski definition) is 29. The van der Waals surface area contributed by atoms with Gasteiger partial charge in [0.2, 0.25) is 29.7 Å². The van der Waals surface area contributed by atoms with Crippen molar-refractivity contribution in [1.29, 1.82) is 0 Å². The van der Waals surface area contributed by atoms with Crippen LogP contribution in [-0.2, 0) is 32.7 Å². The fraction of sp³-hybridized carbons (Fsp3) is 0.275. The van der Waals surface area contributed by atoms with E-state index in [0.717, 1.165) is 62.2 Å². The predicted molar refractivity (Wildman–Crippen MR) is 445 cm³/mol. The van der Waals surface area contributed by atoms with E-state index < -0.39 is 0 Å². The van der Waals surface area contributed by atoms with Gasteiger partial charge in [0.25, 0.3) is 0 Å². The van der Waals surface area contributed by atoms with Crippen LogP contribution in [0.2, 0.25) is 10.3 Å². The molecule has 0 fully saturated rings. The molecule has 15 heterocycles. The van der Waals surface area contributed by atoms with Gasteiger partial charge in [0, 0.05) is 44.3 Å². The minimum atomic E-state index is 0.121. The van der Waals surface area contributed by atoms with Gasteiger partial charge in [-0.05, 0) is 208 Å². The Bertz CT molecular complexity index is 5380. The highest BCUT2D eigenvalue weighted by molar-refractivity contribution is 14.1. The van der Waals surface area contributed by atoms with Crippen molar-refractivity contribution in [3.05, 3.63) is 174 Å². The SMILES string of the molecule is COc1c(C)ncc(Cn2cnc3c(Br)nc(N)nc32)c1C.COc1c(C)ncc(Cn2cnc3c(Cl)nc(N)nc32)c1C.CSc1c(C)cnc(Cn2cnc3c(Br)nc(N)nc32)c1C.CSc1c(C)cnc(Cn2cnc3c(Cl)nc(N)nc32)c1C.Cc1cnc(Cn2cnc3c(Br)nc(N)nc32)c(C)c1I. The molecule has 0 aromatic carbocycles. The molecular weight excluding hydrogens is 1780 g/mol. The van der Waals surface area contributed by atoms with Crippen LogP contribution in [0.5, 0.6) is 11.5 Å². The number of anilines is 5. The predicted octanol–water partition coefficient (Wildman–Crippen LogP) is 13.0. The first-order chi connectivity index (χ1) is 52.0. The monoisotopic (exact) mass is 1850 g/mol. The van der Waals surface area contributed by atoms with Gasteiger partial charge in [-0.25, -0.2) is 39.9 Å². The number of ether oxygens (including phenoxy) is 2. The van der Waals surface area contributed by atoms with Crippen molar-refractivity contribution in [2.24, 2.45) is 0 Å². The first-order valence-corrected chi connectivity index (χ1v) is 39.4. The number of imidazole rings is 5. The van der Waals surface area contributed by atoms with Crippen LogP contribution in [0, 0.1) is 72.8 Å². The lowest BCUT2D eigenvalue weighted by Crippen LogP contribution is -2.06. The highest BCUT2D eigenvalue weighted by Gasteiger charge is 2.21. The number of halogens is 6. The van der Waals surface area contributed by atoms with Crippen LogP contribution in [0.3, 0.4) is 0 Å². The first-order valence-electron chi connectivity index (χ1n) is 32.8. The molecule has 0 saturated carbocycles. The Morgan fingerprint density at radius 3 is 0.972 bits per heavy atom. The molecule has 0 aliphatic rings. The quantitative estimate of drug-likeness (QED) is 0.0383. The summed E-state index contributed by atoms with van der Waals surface area (Å²) >= 11 is 28.0. The fourth-order valence-corrected chi connectivity index (χ4v) is 15.7. The Hall–Kier alpha value is -9.45. The van der Waals surface area contributed by atoms with E-state index >= 15 is 0 Å². The Kier molecular flexibility index (Phi) is 25.6. The lowest BCUT2D eigenvalue weighted by Gasteiger charge is -2.13. The molecule has 0 spiro atoms. The number of nitrogen functional groups attached to an aromatic ring is 5. The fourth-order valence-electron chi connectivity index (χ4n) is 11.8. The van der Waals surface area contributed by atoms with Crippen LogP contribution in [0.1, 0.15) is 84.1 Å². The highest BCUT2D eigenvalue weighted by atomic mass is 127. The number of fused-ring (bicyclic) bond motifs is 5. The van der Waals surface area contributed by atoms with E-state index in [-0.39, 0.29) is 40.0 Å². The second kappa shape index (κ2) is 34.6. The average Bonchev–Trinajstić information content (AvgIpc) is 1.70. The molecule has 0 atom stereocenters. The first kappa shape index (κ1) is 80.6. The summed E-state index contributed by atoms with van der Waals surface area (Å²) in [5.74, 6) is 2.50. The maximum atomic E-state index is 6.05. The Morgan fingerprint density at radius 2 is 0.651 bits per heavy atom. The molecule has 0 aliphatic carbocycles. The second-order valence-electron chi connectivity index (χ2n) is 24.6. The Labute approximate surface area is 681 Å². The molecule has 0 radical (unpaired) electrons. The van der Waals surface area contributed by atoms with Crippen LogP contribution < -0.4 is 38.1 Å². The normalized spacial score (nSPS) is 11.2. The zero-order chi connectivity index (χ0) is 78.6. The van der Waals surface area contributed by atoms with E-state index in [2.05, 4.69) is 224 Å². The maximum absolute atomic E-state index is 6.05. The van der Waals surface area contributed by atoms with Gasteiger partial charge in [-0.1, -0.05) is 23.2 Å². The third kappa shape index (κ3) is 17.6. The van der Waals surface area contributed by atoms with Gasteiger partial charge in [0.15, 0.2) is 38.5 Å². The summed E-state index contributed by atoms with van der Waals surface area (Å²) in [6.07, 6.45) is 22.1. The zero-order valence-electron chi connectivity index (χ0n) is 61.3. The van der Waals surface area contributed by atoms with Gasteiger partial charge < -0.3 is 61.0 Å². The number of aromatic nitrogens is 25. The van der Waals surface area contributed by atoms with E-state index in [4.69, 9.17) is 61.3 Å². The minimum absolute atomic E-state index is 0.121. The van der Waals surface area contributed by atoms with E-state index in [1.165, 1.54) is 46.7 Å². The number of thioether (sulfide) groups is 2. The van der Waals surface area contributed by atoms with Gasteiger partial charge in [0.05, 0.1) is 107 Å². The summed E-state index contributed by atoms with van der Waals surface area (Å²) in [4.78, 5) is 87.7. The third-order valence-electron chi connectivity index (χ3n) is 17.4. The summed E-state index contributed by atoms with van der Waals surface area (Å²) in [5, 5.41) is 0.511. The van der Waals surface area contributed by atoms with Gasteiger partial charge in [-0.15, -0.1) is 23.5 Å². The van der Waals surface area contributed by atoms with Crippen LogP contribution >= 0.6 is 117 Å². The summed E-state index contributed by atoms with van der Waals surface area (Å²) < 4.78 is 23.4. The number of nitrogens with two attached hydrogens (primary N) is 5. The molecule has 32 nitrogen and oxygen atoms in total. The second-order valence-corrected chi connectivity index (χ2v) is 30.2. The lowest BCUT2D eigenvalue weighted by molar-refractivity contribution is 0.405. The number of aryl methyl sites for hydroxylation is 5. The number of hydrogen-bond donors (Lipinski definition) is 5. The molecule has 0 saturated heterocycles. The van der Waals surface area contributed by atoms with Crippen LogP contribution in [0.15, 0.2) is 86.2 Å². The molecule has 109 heavy (non-hydrogen) atoms. The Morgan fingerprint density at radius 1 is 0.367 bits per heavy atom. The zero-order valence-corrected chi connectivity index (χ0v) is 71.3. The maximum Gasteiger partial charge on any atom is 0.223 e. The molecule has 0 aliphatic heterocycles. The average molecular weight is 1860 g/mol. The van der Waals surface area contributed by atoms with Gasteiger partial charge >= 0.3 is 0 Å². The van der Waals surface area contributed by atoms with Crippen LogP contribution in [0.4, 0.5) is 29.7 Å². The van der Waals surface area contributed by atoms with Gasteiger partial charge in [0.1, 0.15) is 52.9 Å². The molecule has 0 amide bonds. The van der Waals surface area contributed by atoms with Crippen molar-refractivity contribution >= 4 is 203 Å². The summed E-state index contributed by atoms with van der Waals surface area (Å²) in [6, 6.07) is 0. The molecule has 564 valence electrons. The van der Waals surface area contributed by atoms with Crippen LogP contribution in [0.25, 0.3) is 55.8 Å². The topological polar surface area (TPSA) is 431 Å². The summed E-state index contributed by atoms with van der Waals surface area (Å²) in [5.41, 5.74) is 50.9. The summed E-state index contributed by atoms with van der Waals surface area (Å²) in [6.45, 7) is 23.2. The van der Waals surface area contributed by atoms with Gasteiger partial charge in [-0.2, -0.15) is 34.9 Å². The van der Waals surface area contributed by atoms with Crippen molar-refractivity contribution < 1.29 is 9.47 Å². The van der Waals surface area contributed by atoms with Crippen molar-refractivity contribution in [3.8, 4) is 11.5 Å². The van der Waals surface area contributed by atoms with E-state index in [1.54, 1.807) is 69.4 Å². The molecule has 0 unspecified atom stereocenters. The van der Waals surface area contributed by atoms with Crippen molar-refractivity contribution in [3.63, 3.8) is 0 Å².